The molecule has 22 heavy (non-hydrogen) atoms. The minimum absolute atomic E-state index is 0.0920. The molecule has 1 aromatic carbocycles. The maximum absolute atomic E-state index is 12.6. The van der Waals surface area contributed by atoms with Gasteiger partial charge in [0.25, 0.3) is 0 Å². The van der Waals surface area contributed by atoms with Crippen LogP contribution >= 0.6 is 0 Å². The number of benzene rings is 1. The summed E-state index contributed by atoms with van der Waals surface area (Å²) < 4.78 is 9.11. The van der Waals surface area contributed by atoms with Crippen LogP contribution in [0.5, 0.6) is 0 Å². The molecule has 0 amide bonds. The average Bonchev–Trinajstić information content (AvgIpc) is 2.53. The van der Waals surface area contributed by atoms with Crippen molar-refractivity contribution in [3.05, 3.63) is 58.8 Å². The number of hydrogen-bond acceptors (Lipinski definition) is 6. The highest BCUT2D eigenvalue weighted by atomic mass is 16.5. The summed E-state index contributed by atoms with van der Waals surface area (Å²) in [6, 6.07) is 8.27. The molecule has 1 aromatic rings. The molecule has 0 bridgehead atoms. The predicted molar refractivity (Wildman–Crippen MR) is 79.8 cm³/mol. The van der Waals surface area contributed by atoms with Gasteiger partial charge in [-0.2, -0.15) is 0 Å². The Morgan fingerprint density at radius 1 is 1.05 bits per heavy atom. The fourth-order valence-electron chi connectivity index (χ4n) is 1.77. The lowest BCUT2D eigenvalue weighted by Crippen LogP contribution is -2.19. The summed E-state index contributed by atoms with van der Waals surface area (Å²) in [4.78, 5) is 35.9. The molecule has 0 aliphatic carbocycles. The van der Waals surface area contributed by atoms with Gasteiger partial charge in [0.05, 0.1) is 25.4 Å². The van der Waals surface area contributed by atoms with Gasteiger partial charge in [-0.15, -0.1) is 0 Å². The number of nitrogens with two attached hydrogens (primary N) is 1. The van der Waals surface area contributed by atoms with Gasteiger partial charge in [-0.3, -0.25) is 4.79 Å². The van der Waals surface area contributed by atoms with Gasteiger partial charge in [0, 0.05) is 17.3 Å². The minimum Gasteiger partial charge on any atom is -0.466 e. The molecule has 0 saturated heterocycles. The van der Waals surface area contributed by atoms with Gasteiger partial charge in [0.15, 0.2) is 5.78 Å². The van der Waals surface area contributed by atoms with Crippen molar-refractivity contribution < 1.29 is 23.9 Å². The van der Waals surface area contributed by atoms with E-state index in [0.717, 1.165) is 20.3 Å². The van der Waals surface area contributed by atoms with Crippen molar-refractivity contribution >= 4 is 17.7 Å². The quantitative estimate of drug-likeness (QED) is 0.382. The summed E-state index contributed by atoms with van der Waals surface area (Å²) in [5.41, 5.74) is 5.83. The van der Waals surface area contributed by atoms with Crippen LogP contribution in [0.1, 0.15) is 17.3 Å². The molecule has 0 saturated carbocycles. The zero-order valence-corrected chi connectivity index (χ0v) is 12.6. The molecule has 0 aliphatic heterocycles. The van der Waals surface area contributed by atoms with Crippen molar-refractivity contribution in [3.8, 4) is 0 Å². The predicted octanol–water partition coefficient (Wildman–Crippen LogP) is 1.37. The lowest BCUT2D eigenvalue weighted by Gasteiger charge is -2.11. The van der Waals surface area contributed by atoms with E-state index in [4.69, 9.17) is 5.73 Å². The van der Waals surface area contributed by atoms with Crippen LogP contribution in [0.3, 0.4) is 0 Å². The fraction of sp³-hybridized carbons (Fsp3) is 0.188. The van der Waals surface area contributed by atoms with Crippen LogP contribution in [0.15, 0.2) is 53.3 Å². The van der Waals surface area contributed by atoms with Crippen LogP contribution in [0.2, 0.25) is 0 Å². The second-order valence-electron chi connectivity index (χ2n) is 4.33. The van der Waals surface area contributed by atoms with E-state index in [2.05, 4.69) is 9.47 Å². The monoisotopic (exact) mass is 303 g/mol. The number of hydrogen-bond donors (Lipinski definition) is 1. The van der Waals surface area contributed by atoms with E-state index in [0.29, 0.717) is 5.56 Å². The molecule has 0 aromatic heterocycles. The summed E-state index contributed by atoms with van der Waals surface area (Å²) in [7, 11) is 2.30. The summed E-state index contributed by atoms with van der Waals surface area (Å²) >= 11 is 0. The number of carbonyl (C=O) groups excluding carboxylic acids is 3. The van der Waals surface area contributed by atoms with E-state index in [9.17, 15) is 14.4 Å². The number of rotatable bonds is 5. The van der Waals surface area contributed by atoms with E-state index < -0.39 is 17.7 Å². The lowest BCUT2D eigenvalue weighted by molar-refractivity contribution is -0.138. The average molecular weight is 303 g/mol. The molecular weight excluding hydrogens is 286 g/mol. The van der Waals surface area contributed by atoms with E-state index in [-0.39, 0.29) is 16.8 Å². The Hall–Kier alpha value is -2.89. The van der Waals surface area contributed by atoms with Crippen LogP contribution in [0.25, 0.3) is 0 Å². The van der Waals surface area contributed by atoms with Gasteiger partial charge in [0.1, 0.15) is 0 Å². The van der Waals surface area contributed by atoms with Crippen LogP contribution in [0, 0.1) is 0 Å². The molecule has 0 atom stereocenters. The Labute approximate surface area is 128 Å². The Kier molecular flexibility index (Phi) is 6.07. The van der Waals surface area contributed by atoms with Gasteiger partial charge in [-0.1, -0.05) is 30.3 Å². The van der Waals surface area contributed by atoms with E-state index in [1.54, 1.807) is 30.3 Å². The van der Waals surface area contributed by atoms with Crippen LogP contribution in [-0.2, 0) is 19.1 Å². The lowest BCUT2D eigenvalue weighted by atomic mass is 9.94. The molecule has 2 N–H and O–H groups in total. The highest BCUT2D eigenvalue weighted by Crippen LogP contribution is 2.20. The first kappa shape index (κ1) is 17.2. The maximum atomic E-state index is 12.6. The van der Waals surface area contributed by atoms with Gasteiger partial charge < -0.3 is 15.2 Å². The van der Waals surface area contributed by atoms with Crippen LogP contribution in [0.4, 0.5) is 0 Å². The number of methoxy groups -OCH3 is 2. The minimum atomic E-state index is -0.852. The number of ether oxygens (including phenoxy) is 2. The van der Waals surface area contributed by atoms with E-state index >= 15 is 0 Å². The van der Waals surface area contributed by atoms with Crippen LogP contribution < -0.4 is 5.73 Å². The molecule has 6 nitrogen and oxygen atoms in total. The Balaban J connectivity index is 3.42. The Bertz CT molecular complexity index is 640. The highest BCUT2D eigenvalue weighted by Gasteiger charge is 2.25. The van der Waals surface area contributed by atoms with E-state index in [1.807, 2.05) is 0 Å². The molecular formula is C16H17NO5. The zero-order chi connectivity index (χ0) is 16.7. The number of esters is 2. The van der Waals surface area contributed by atoms with Crippen molar-refractivity contribution in [2.24, 2.45) is 5.73 Å². The number of carbonyl (C=O) groups is 3. The third-order valence-electron chi connectivity index (χ3n) is 2.80. The Morgan fingerprint density at radius 2 is 1.64 bits per heavy atom. The van der Waals surface area contributed by atoms with Crippen molar-refractivity contribution in [1.29, 1.82) is 0 Å². The third-order valence-corrected chi connectivity index (χ3v) is 2.80. The van der Waals surface area contributed by atoms with Gasteiger partial charge in [-0.25, -0.2) is 9.59 Å². The molecule has 0 radical (unpaired) electrons. The topological polar surface area (TPSA) is 95.7 Å². The maximum Gasteiger partial charge on any atom is 0.338 e. The van der Waals surface area contributed by atoms with Crippen molar-refractivity contribution in [1.82, 2.24) is 0 Å². The van der Waals surface area contributed by atoms with Crippen molar-refractivity contribution in [2.75, 3.05) is 14.2 Å². The molecule has 0 heterocycles. The third kappa shape index (κ3) is 4.05. The number of ketones is 1. The standard InChI is InChI=1S/C16H17NO5/c1-10(17)14(15(19)11-7-5-4-6-8-11)12(16(20)22-3)9-13(18)21-2/h4-9H,17H2,1-3H3/b12-9+,14-10-. The summed E-state index contributed by atoms with van der Waals surface area (Å²) in [5, 5.41) is 0. The summed E-state index contributed by atoms with van der Waals surface area (Å²) in [6.07, 6.45) is 0.887. The normalized spacial score (nSPS) is 12.2. The second-order valence-corrected chi connectivity index (χ2v) is 4.33. The second kappa shape index (κ2) is 7.78. The van der Waals surface area contributed by atoms with Gasteiger partial charge in [0.2, 0.25) is 0 Å². The van der Waals surface area contributed by atoms with Gasteiger partial charge >= 0.3 is 11.9 Å². The smallest absolute Gasteiger partial charge is 0.338 e. The van der Waals surface area contributed by atoms with Gasteiger partial charge in [-0.05, 0) is 6.92 Å². The first-order valence-electron chi connectivity index (χ1n) is 6.36. The summed E-state index contributed by atoms with van der Waals surface area (Å²) in [6.45, 7) is 1.46. The zero-order valence-electron chi connectivity index (χ0n) is 12.6. The fourth-order valence-corrected chi connectivity index (χ4v) is 1.77. The molecule has 0 fully saturated rings. The Morgan fingerprint density at radius 3 is 2.09 bits per heavy atom. The number of allylic oxidation sites excluding steroid dienone is 1. The van der Waals surface area contributed by atoms with Crippen LogP contribution in [-0.4, -0.2) is 31.9 Å². The first-order chi connectivity index (χ1) is 10.4. The molecule has 0 spiro atoms. The molecule has 6 heteroatoms. The van der Waals surface area contributed by atoms with Crippen molar-refractivity contribution in [2.45, 2.75) is 6.92 Å². The molecule has 0 aliphatic rings. The first-order valence-corrected chi connectivity index (χ1v) is 6.36. The number of Topliss-reactive ketones (excluding diaryl/α,β-unsaturated/α-hetero) is 1. The highest BCUT2D eigenvalue weighted by molar-refractivity contribution is 6.19. The molecule has 0 unspecified atom stereocenters. The SMILES string of the molecule is COC(=O)/C=C(C(=O)OC)\C(C(=O)c1ccccc1)=C(/C)N. The molecule has 1 rings (SSSR count). The van der Waals surface area contributed by atoms with E-state index in [1.165, 1.54) is 6.92 Å². The molecule has 116 valence electrons. The van der Waals surface area contributed by atoms with Crippen molar-refractivity contribution in [3.63, 3.8) is 0 Å². The summed E-state index contributed by atoms with van der Waals surface area (Å²) in [5.74, 6) is -2.13. The largest absolute Gasteiger partial charge is 0.466 e.